The number of benzene rings is 1. The SMILES string of the molecule is CCOc1cccc(N2CCNC3(CCCCC3)C2)c1. The first-order chi connectivity index (χ1) is 9.81. The fourth-order valence-electron chi connectivity index (χ4n) is 3.68. The van der Waals surface area contributed by atoms with Crippen LogP contribution >= 0.6 is 0 Å². The highest BCUT2D eigenvalue weighted by Crippen LogP contribution is 2.33. The molecule has 1 aliphatic heterocycles. The zero-order valence-electron chi connectivity index (χ0n) is 12.5. The number of anilines is 1. The van der Waals surface area contributed by atoms with Gasteiger partial charge >= 0.3 is 0 Å². The first-order valence-electron chi connectivity index (χ1n) is 8.04. The maximum Gasteiger partial charge on any atom is 0.121 e. The van der Waals surface area contributed by atoms with E-state index in [-0.39, 0.29) is 0 Å². The zero-order valence-corrected chi connectivity index (χ0v) is 12.5. The van der Waals surface area contributed by atoms with Crippen LogP contribution in [0.2, 0.25) is 0 Å². The third-order valence-corrected chi connectivity index (χ3v) is 4.68. The monoisotopic (exact) mass is 274 g/mol. The summed E-state index contributed by atoms with van der Waals surface area (Å²) in [5, 5.41) is 3.80. The van der Waals surface area contributed by atoms with Gasteiger partial charge in [-0.25, -0.2) is 0 Å². The van der Waals surface area contributed by atoms with Crippen LogP contribution in [0.25, 0.3) is 0 Å². The topological polar surface area (TPSA) is 24.5 Å². The van der Waals surface area contributed by atoms with Crippen LogP contribution in [0.1, 0.15) is 39.0 Å². The first-order valence-corrected chi connectivity index (χ1v) is 8.04. The lowest BCUT2D eigenvalue weighted by atomic mass is 9.80. The Labute approximate surface area is 122 Å². The van der Waals surface area contributed by atoms with E-state index in [4.69, 9.17) is 4.74 Å². The van der Waals surface area contributed by atoms with E-state index in [2.05, 4.69) is 28.4 Å². The summed E-state index contributed by atoms with van der Waals surface area (Å²) in [4.78, 5) is 2.53. The van der Waals surface area contributed by atoms with Gasteiger partial charge in [-0.15, -0.1) is 0 Å². The van der Waals surface area contributed by atoms with Crippen LogP contribution in [0.4, 0.5) is 5.69 Å². The summed E-state index contributed by atoms with van der Waals surface area (Å²) in [6.07, 6.45) is 6.81. The average Bonchev–Trinajstić information content (AvgIpc) is 2.49. The van der Waals surface area contributed by atoms with E-state index in [0.29, 0.717) is 5.54 Å². The van der Waals surface area contributed by atoms with Crippen molar-refractivity contribution < 1.29 is 4.74 Å². The molecule has 1 aliphatic carbocycles. The minimum Gasteiger partial charge on any atom is -0.494 e. The van der Waals surface area contributed by atoms with Crippen molar-refractivity contribution in [3.63, 3.8) is 0 Å². The number of nitrogens with zero attached hydrogens (tertiary/aromatic N) is 1. The Morgan fingerprint density at radius 1 is 1.25 bits per heavy atom. The average molecular weight is 274 g/mol. The normalized spacial score (nSPS) is 21.9. The van der Waals surface area contributed by atoms with Crippen LogP contribution in [-0.4, -0.2) is 31.8 Å². The zero-order chi connectivity index (χ0) is 13.8. The Bertz CT molecular complexity index is 435. The van der Waals surface area contributed by atoms with Crippen LogP contribution in [0, 0.1) is 0 Å². The van der Waals surface area contributed by atoms with E-state index in [1.807, 2.05) is 13.0 Å². The summed E-state index contributed by atoms with van der Waals surface area (Å²) < 4.78 is 5.63. The second-order valence-electron chi connectivity index (χ2n) is 6.12. The van der Waals surface area contributed by atoms with Gasteiger partial charge in [0.05, 0.1) is 6.61 Å². The van der Waals surface area contributed by atoms with Gasteiger partial charge in [0.15, 0.2) is 0 Å². The number of hydrogen-bond acceptors (Lipinski definition) is 3. The molecule has 2 aliphatic rings. The summed E-state index contributed by atoms with van der Waals surface area (Å²) >= 11 is 0. The van der Waals surface area contributed by atoms with Crippen molar-refractivity contribution in [1.29, 1.82) is 0 Å². The Balaban J connectivity index is 1.74. The predicted octanol–water partition coefficient (Wildman–Crippen LogP) is 3.20. The lowest BCUT2D eigenvalue weighted by molar-refractivity contribution is 0.216. The Morgan fingerprint density at radius 3 is 2.90 bits per heavy atom. The van der Waals surface area contributed by atoms with E-state index < -0.39 is 0 Å². The van der Waals surface area contributed by atoms with Crippen LogP contribution in [-0.2, 0) is 0 Å². The molecule has 1 saturated heterocycles. The molecule has 1 aromatic rings. The van der Waals surface area contributed by atoms with Gasteiger partial charge in [-0.1, -0.05) is 25.3 Å². The van der Waals surface area contributed by atoms with Crippen molar-refractivity contribution in [2.45, 2.75) is 44.6 Å². The van der Waals surface area contributed by atoms with Crippen LogP contribution in [0.15, 0.2) is 24.3 Å². The molecule has 0 unspecified atom stereocenters. The molecule has 1 aromatic carbocycles. The van der Waals surface area contributed by atoms with Crippen molar-refractivity contribution in [1.82, 2.24) is 5.32 Å². The molecule has 0 atom stereocenters. The molecule has 110 valence electrons. The lowest BCUT2D eigenvalue weighted by Gasteiger charge is -2.47. The molecule has 1 N–H and O–H groups in total. The van der Waals surface area contributed by atoms with Gasteiger partial charge in [0.1, 0.15) is 5.75 Å². The van der Waals surface area contributed by atoms with Crippen molar-refractivity contribution in [2.24, 2.45) is 0 Å². The standard InChI is InChI=1S/C17H26N2O/c1-2-20-16-8-6-7-15(13-16)19-12-11-18-17(14-19)9-4-3-5-10-17/h6-8,13,18H,2-5,9-12,14H2,1H3. The van der Waals surface area contributed by atoms with Crippen LogP contribution in [0.5, 0.6) is 5.75 Å². The van der Waals surface area contributed by atoms with Crippen molar-refractivity contribution in [3.8, 4) is 5.75 Å². The van der Waals surface area contributed by atoms with Gasteiger partial charge in [-0.2, -0.15) is 0 Å². The van der Waals surface area contributed by atoms with Gasteiger partial charge in [0.2, 0.25) is 0 Å². The summed E-state index contributed by atoms with van der Waals surface area (Å²) in [7, 11) is 0. The third-order valence-electron chi connectivity index (χ3n) is 4.68. The molecule has 20 heavy (non-hydrogen) atoms. The maximum atomic E-state index is 5.63. The first kappa shape index (κ1) is 13.7. The van der Waals surface area contributed by atoms with E-state index in [9.17, 15) is 0 Å². The van der Waals surface area contributed by atoms with E-state index in [1.54, 1.807) is 0 Å². The van der Waals surface area contributed by atoms with Crippen molar-refractivity contribution in [2.75, 3.05) is 31.1 Å². The Morgan fingerprint density at radius 2 is 2.10 bits per heavy atom. The summed E-state index contributed by atoms with van der Waals surface area (Å²) in [5.41, 5.74) is 1.67. The van der Waals surface area contributed by atoms with Crippen molar-refractivity contribution in [3.05, 3.63) is 24.3 Å². The molecule has 1 saturated carbocycles. The number of ether oxygens (including phenoxy) is 1. The number of hydrogen-bond donors (Lipinski definition) is 1. The molecule has 0 amide bonds. The van der Waals surface area contributed by atoms with Gasteiger partial charge in [-0.05, 0) is 31.9 Å². The van der Waals surface area contributed by atoms with Gasteiger partial charge in [0, 0.05) is 36.9 Å². The quantitative estimate of drug-likeness (QED) is 0.916. The Hall–Kier alpha value is -1.22. The summed E-state index contributed by atoms with van der Waals surface area (Å²) in [5.74, 6) is 0.987. The molecule has 3 heteroatoms. The predicted molar refractivity (Wildman–Crippen MR) is 83.6 cm³/mol. The molecule has 1 spiro atoms. The second-order valence-corrected chi connectivity index (χ2v) is 6.12. The molecule has 3 rings (SSSR count). The summed E-state index contributed by atoms with van der Waals surface area (Å²) in [6, 6.07) is 8.55. The number of piperazine rings is 1. The van der Waals surface area contributed by atoms with Gasteiger partial charge < -0.3 is 15.0 Å². The van der Waals surface area contributed by atoms with Crippen LogP contribution in [0.3, 0.4) is 0 Å². The van der Waals surface area contributed by atoms with Crippen molar-refractivity contribution >= 4 is 5.69 Å². The minimum absolute atomic E-state index is 0.359. The number of rotatable bonds is 3. The summed E-state index contributed by atoms with van der Waals surface area (Å²) in [6.45, 7) is 6.10. The van der Waals surface area contributed by atoms with Crippen LogP contribution < -0.4 is 15.0 Å². The van der Waals surface area contributed by atoms with Gasteiger partial charge in [-0.3, -0.25) is 0 Å². The minimum atomic E-state index is 0.359. The maximum absolute atomic E-state index is 5.63. The fourth-order valence-corrected chi connectivity index (χ4v) is 3.68. The molecular formula is C17H26N2O. The van der Waals surface area contributed by atoms with E-state index in [0.717, 1.165) is 32.0 Å². The largest absolute Gasteiger partial charge is 0.494 e. The third kappa shape index (κ3) is 2.93. The molecule has 0 aromatic heterocycles. The molecule has 2 fully saturated rings. The smallest absolute Gasteiger partial charge is 0.121 e. The fraction of sp³-hybridized carbons (Fsp3) is 0.647. The van der Waals surface area contributed by atoms with E-state index >= 15 is 0 Å². The van der Waals surface area contributed by atoms with Gasteiger partial charge in [0.25, 0.3) is 0 Å². The molecule has 0 bridgehead atoms. The lowest BCUT2D eigenvalue weighted by Crippen LogP contribution is -2.61. The molecule has 0 radical (unpaired) electrons. The molecule has 3 nitrogen and oxygen atoms in total. The Kier molecular flexibility index (Phi) is 4.16. The molecular weight excluding hydrogens is 248 g/mol. The van der Waals surface area contributed by atoms with E-state index in [1.165, 1.54) is 37.8 Å². The molecule has 1 heterocycles. The highest BCUT2D eigenvalue weighted by Gasteiger charge is 2.36. The number of nitrogens with one attached hydrogen (secondary N) is 1. The highest BCUT2D eigenvalue weighted by molar-refractivity contribution is 5.51. The second kappa shape index (κ2) is 6.04. The highest BCUT2D eigenvalue weighted by atomic mass is 16.5.